The molecular formula is C19H29ClFIN4O. The van der Waals surface area contributed by atoms with E-state index in [4.69, 9.17) is 16.3 Å². The maximum absolute atomic E-state index is 14.1. The van der Waals surface area contributed by atoms with E-state index >= 15 is 0 Å². The fourth-order valence-electron chi connectivity index (χ4n) is 3.49. The summed E-state index contributed by atoms with van der Waals surface area (Å²) in [5.74, 6) is 0.601. The van der Waals surface area contributed by atoms with Crippen LogP contribution in [0.1, 0.15) is 31.7 Å². The topological polar surface area (TPSA) is 48.9 Å². The Hall–Kier alpha value is -0.640. The molecule has 3 rings (SSSR count). The van der Waals surface area contributed by atoms with Gasteiger partial charge in [-0.25, -0.2) is 4.39 Å². The molecule has 0 radical (unpaired) electrons. The molecule has 152 valence electrons. The molecule has 1 aliphatic carbocycles. The van der Waals surface area contributed by atoms with Crippen molar-refractivity contribution in [3.63, 3.8) is 0 Å². The highest BCUT2D eigenvalue weighted by atomic mass is 127. The smallest absolute Gasteiger partial charge is 0.191 e. The molecule has 2 fully saturated rings. The van der Waals surface area contributed by atoms with Gasteiger partial charge in [0.05, 0.1) is 13.2 Å². The minimum atomic E-state index is -0.233. The fourth-order valence-corrected chi connectivity index (χ4v) is 3.79. The van der Waals surface area contributed by atoms with Gasteiger partial charge in [0.15, 0.2) is 5.96 Å². The third-order valence-electron chi connectivity index (χ3n) is 5.26. The monoisotopic (exact) mass is 510 g/mol. The van der Waals surface area contributed by atoms with Gasteiger partial charge >= 0.3 is 0 Å². The molecule has 0 aromatic heterocycles. The quantitative estimate of drug-likeness (QED) is 0.363. The van der Waals surface area contributed by atoms with Crippen LogP contribution in [0.2, 0.25) is 5.02 Å². The summed E-state index contributed by atoms with van der Waals surface area (Å²) < 4.78 is 19.5. The molecule has 0 spiro atoms. The van der Waals surface area contributed by atoms with Crippen LogP contribution in [-0.4, -0.2) is 62.3 Å². The number of halogens is 3. The van der Waals surface area contributed by atoms with Crippen molar-refractivity contribution in [1.29, 1.82) is 0 Å². The highest BCUT2D eigenvalue weighted by molar-refractivity contribution is 14.0. The van der Waals surface area contributed by atoms with Crippen molar-refractivity contribution in [2.75, 3.05) is 39.9 Å². The van der Waals surface area contributed by atoms with Gasteiger partial charge in [0.25, 0.3) is 0 Å². The normalized spacial score (nSPS) is 23.5. The molecule has 27 heavy (non-hydrogen) atoms. The first-order valence-electron chi connectivity index (χ1n) is 9.16. The van der Waals surface area contributed by atoms with Crippen LogP contribution in [-0.2, 0) is 4.74 Å². The lowest BCUT2D eigenvalue weighted by Crippen LogP contribution is -2.56. The van der Waals surface area contributed by atoms with Crippen LogP contribution in [0.15, 0.2) is 23.2 Å². The summed E-state index contributed by atoms with van der Waals surface area (Å²) in [5.41, 5.74) is 0.606. The zero-order chi connectivity index (χ0) is 18.7. The molecule has 0 amide bonds. The average molecular weight is 511 g/mol. The van der Waals surface area contributed by atoms with E-state index in [0.717, 1.165) is 45.2 Å². The van der Waals surface area contributed by atoms with Crippen molar-refractivity contribution in [2.24, 2.45) is 4.99 Å². The van der Waals surface area contributed by atoms with Gasteiger partial charge in [-0.15, -0.1) is 24.0 Å². The molecule has 1 saturated heterocycles. The number of nitrogens with zero attached hydrogens (tertiary/aromatic N) is 2. The number of nitrogens with one attached hydrogen (secondary N) is 2. The summed E-state index contributed by atoms with van der Waals surface area (Å²) in [6.07, 6.45) is 0.855. The lowest BCUT2D eigenvalue weighted by atomic mass is 10.0. The Labute approximate surface area is 183 Å². The van der Waals surface area contributed by atoms with E-state index < -0.39 is 0 Å². The zero-order valence-electron chi connectivity index (χ0n) is 16.1. The van der Waals surface area contributed by atoms with Gasteiger partial charge in [0, 0.05) is 54.8 Å². The van der Waals surface area contributed by atoms with Crippen molar-refractivity contribution >= 4 is 41.5 Å². The van der Waals surface area contributed by atoms with Crippen molar-refractivity contribution in [3.05, 3.63) is 34.6 Å². The molecule has 1 aliphatic heterocycles. The van der Waals surface area contributed by atoms with Crippen molar-refractivity contribution < 1.29 is 9.13 Å². The third-order valence-corrected chi connectivity index (χ3v) is 5.59. The Bertz CT molecular complexity index is 647. The molecule has 2 atom stereocenters. The maximum Gasteiger partial charge on any atom is 0.191 e. The summed E-state index contributed by atoms with van der Waals surface area (Å²) in [6.45, 7) is 8.65. The molecule has 1 saturated carbocycles. The van der Waals surface area contributed by atoms with E-state index in [1.165, 1.54) is 6.07 Å². The second-order valence-electron chi connectivity index (χ2n) is 7.57. The number of rotatable bonds is 5. The van der Waals surface area contributed by atoms with E-state index in [0.29, 0.717) is 10.6 Å². The van der Waals surface area contributed by atoms with E-state index in [2.05, 4.69) is 34.4 Å². The number of benzene rings is 1. The summed E-state index contributed by atoms with van der Waals surface area (Å²) in [4.78, 5) is 6.74. The number of ether oxygens (including phenoxy) is 1. The minimum absolute atomic E-state index is 0. The van der Waals surface area contributed by atoms with Crippen molar-refractivity contribution in [2.45, 2.75) is 37.8 Å². The highest BCUT2D eigenvalue weighted by Crippen LogP contribution is 2.44. The SMILES string of the molecule is CN=C(NCC(C)(C)N1CCOCC1)NC1CC1c1c(F)cccc1Cl.I. The lowest BCUT2D eigenvalue weighted by Gasteiger charge is -2.41. The van der Waals surface area contributed by atoms with Crippen LogP contribution >= 0.6 is 35.6 Å². The average Bonchev–Trinajstić information content (AvgIpc) is 3.38. The number of hydrogen-bond donors (Lipinski definition) is 2. The summed E-state index contributed by atoms with van der Waals surface area (Å²) in [6, 6.07) is 5.00. The van der Waals surface area contributed by atoms with E-state index in [1.807, 2.05) is 0 Å². The standard InChI is InChI=1S/C19H28ClFN4O.HI/c1-19(2,25-7-9-26-10-8-25)12-23-18(22-3)24-16-11-13(16)17-14(20)5-4-6-15(17)21;/h4-6,13,16H,7-12H2,1-3H3,(H2,22,23,24);1H. The first-order chi connectivity index (χ1) is 12.4. The maximum atomic E-state index is 14.1. The first kappa shape index (κ1) is 22.6. The van der Waals surface area contributed by atoms with Crippen LogP contribution in [0.4, 0.5) is 4.39 Å². The van der Waals surface area contributed by atoms with Gasteiger partial charge in [0.1, 0.15) is 5.82 Å². The number of aliphatic imine (C=N–C) groups is 1. The minimum Gasteiger partial charge on any atom is -0.379 e. The molecule has 2 unspecified atom stereocenters. The number of guanidine groups is 1. The van der Waals surface area contributed by atoms with Gasteiger partial charge < -0.3 is 15.4 Å². The Morgan fingerprint density at radius 2 is 2.07 bits per heavy atom. The van der Waals surface area contributed by atoms with Gasteiger partial charge in [-0.3, -0.25) is 9.89 Å². The molecule has 1 heterocycles. The Morgan fingerprint density at radius 3 is 2.70 bits per heavy atom. The van der Waals surface area contributed by atoms with Crippen molar-refractivity contribution in [3.8, 4) is 0 Å². The predicted octanol–water partition coefficient (Wildman–Crippen LogP) is 3.23. The van der Waals surface area contributed by atoms with E-state index in [-0.39, 0.29) is 47.3 Å². The molecule has 8 heteroatoms. The van der Waals surface area contributed by atoms with Crippen LogP contribution in [0.3, 0.4) is 0 Å². The fraction of sp³-hybridized carbons (Fsp3) is 0.632. The molecular weight excluding hydrogens is 482 g/mol. The molecule has 0 bridgehead atoms. The van der Waals surface area contributed by atoms with E-state index in [1.54, 1.807) is 19.2 Å². The van der Waals surface area contributed by atoms with Gasteiger partial charge in [0.2, 0.25) is 0 Å². The first-order valence-corrected chi connectivity index (χ1v) is 9.54. The van der Waals surface area contributed by atoms with Gasteiger partial charge in [-0.2, -0.15) is 0 Å². The van der Waals surface area contributed by atoms with Gasteiger partial charge in [-0.05, 0) is 32.4 Å². The Morgan fingerprint density at radius 1 is 1.37 bits per heavy atom. The zero-order valence-corrected chi connectivity index (χ0v) is 19.2. The second-order valence-corrected chi connectivity index (χ2v) is 7.97. The number of hydrogen-bond acceptors (Lipinski definition) is 3. The van der Waals surface area contributed by atoms with Crippen LogP contribution < -0.4 is 10.6 Å². The molecule has 1 aromatic carbocycles. The Kier molecular flexibility index (Phi) is 8.15. The van der Waals surface area contributed by atoms with Crippen LogP contribution in [0, 0.1) is 5.82 Å². The largest absolute Gasteiger partial charge is 0.379 e. The molecule has 2 N–H and O–H groups in total. The third kappa shape index (κ3) is 5.68. The summed E-state index contributed by atoms with van der Waals surface area (Å²) in [7, 11) is 1.75. The Balaban J connectivity index is 0.00000261. The van der Waals surface area contributed by atoms with Crippen molar-refractivity contribution in [1.82, 2.24) is 15.5 Å². The van der Waals surface area contributed by atoms with E-state index in [9.17, 15) is 4.39 Å². The summed E-state index contributed by atoms with van der Waals surface area (Å²) in [5, 5.41) is 7.29. The number of morpholine rings is 1. The van der Waals surface area contributed by atoms with Crippen LogP contribution in [0.5, 0.6) is 0 Å². The van der Waals surface area contributed by atoms with Crippen LogP contribution in [0.25, 0.3) is 0 Å². The molecule has 2 aliphatic rings. The van der Waals surface area contributed by atoms with Gasteiger partial charge in [-0.1, -0.05) is 17.7 Å². The second kappa shape index (κ2) is 9.71. The molecule has 1 aromatic rings. The summed E-state index contributed by atoms with van der Waals surface area (Å²) >= 11 is 6.18. The lowest BCUT2D eigenvalue weighted by molar-refractivity contribution is -0.00834. The highest BCUT2D eigenvalue weighted by Gasteiger charge is 2.42. The molecule has 5 nitrogen and oxygen atoms in total. The predicted molar refractivity (Wildman–Crippen MR) is 119 cm³/mol.